The topological polar surface area (TPSA) is 66.0 Å². The van der Waals surface area contributed by atoms with Crippen LogP contribution in [0.25, 0.3) is 0 Å². The number of pyridine rings is 1. The van der Waals surface area contributed by atoms with Gasteiger partial charge in [0, 0.05) is 30.4 Å². The normalized spacial score (nSPS) is 12.9. The van der Waals surface area contributed by atoms with Crippen molar-refractivity contribution in [2.45, 2.75) is 52.7 Å². The molecule has 1 amide bonds. The van der Waals surface area contributed by atoms with Gasteiger partial charge in [-0.25, -0.2) is 9.37 Å². The van der Waals surface area contributed by atoms with Gasteiger partial charge in [-0.3, -0.25) is 4.79 Å². The van der Waals surface area contributed by atoms with Crippen LogP contribution >= 0.6 is 0 Å². The van der Waals surface area contributed by atoms with Gasteiger partial charge < -0.3 is 16.0 Å². The smallest absolute Gasteiger partial charge is 0.242 e. The summed E-state index contributed by atoms with van der Waals surface area (Å²) in [5.74, 6) is -0.510. The van der Waals surface area contributed by atoms with Crippen molar-refractivity contribution < 1.29 is 9.18 Å². The van der Waals surface area contributed by atoms with Crippen molar-refractivity contribution in [2.75, 3.05) is 11.9 Å². The summed E-state index contributed by atoms with van der Waals surface area (Å²) in [4.78, 5) is 15.6. The summed E-state index contributed by atoms with van der Waals surface area (Å²) in [6.45, 7) is 10.5. The van der Waals surface area contributed by atoms with Crippen molar-refractivity contribution in [3.05, 3.63) is 23.6 Å². The summed E-state index contributed by atoms with van der Waals surface area (Å²) in [6.07, 6.45) is 1.54. The summed E-state index contributed by atoms with van der Waals surface area (Å²) in [5.41, 5.74) is 0.419. The minimum Gasteiger partial charge on any atom is -0.356 e. The quantitative estimate of drug-likeness (QED) is 0.751. The Labute approximate surface area is 125 Å². The van der Waals surface area contributed by atoms with Crippen molar-refractivity contribution in [3.63, 3.8) is 0 Å². The number of carbonyl (C=O) groups is 1. The van der Waals surface area contributed by atoms with E-state index >= 15 is 0 Å². The average molecular weight is 296 g/mol. The Balaban J connectivity index is 2.78. The zero-order valence-corrected chi connectivity index (χ0v) is 13.4. The first kappa shape index (κ1) is 17.4. The number of amides is 1. The summed E-state index contributed by atoms with van der Waals surface area (Å²) in [6, 6.07) is 1.09. The Kier molecular flexibility index (Phi) is 6.08. The monoisotopic (exact) mass is 296 g/mol. The molecule has 0 spiro atoms. The molecule has 0 aliphatic rings. The Hall–Kier alpha value is -1.69. The van der Waals surface area contributed by atoms with Gasteiger partial charge in [0.1, 0.15) is 6.04 Å². The van der Waals surface area contributed by atoms with E-state index in [0.717, 1.165) is 0 Å². The number of halogens is 1. The third-order valence-corrected chi connectivity index (χ3v) is 2.88. The molecule has 118 valence electrons. The second-order valence-electron chi connectivity index (χ2n) is 6.00. The van der Waals surface area contributed by atoms with Crippen LogP contribution in [0.15, 0.2) is 12.3 Å². The van der Waals surface area contributed by atoms with E-state index in [2.05, 4.69) is 20.9 Å². The predicted molar refractivity (Wildman–Crippen MR) is 82.6 cm³/mol. The van der Waals surface area contributed by atoms with Crippen LogP contribution in [0.4, 0.5) is 10.2 Å². The minimum atomic E-state index is -0.544. The Bertz CT molecular complexity index is 485. The van der Waals surface area contributed by atoms with Crippen LogP contribution < -0.4 is 16.0 Å². The first-order chi connectivity index (χ1) is 9.74. The highest BCUT2D eigenvalue weighted by atomic mass is 19.1. The van der Waals surface area contributed by atoms with Gasteiger partial charge in [-0.1, -0.05) is 0 Å². The molecule has 1 heterocycles. The van der Waals surface area contributed by atoms with E-state index in [1.54, 1.807) is 13.0 Å². The predicted octanol–water partition coefficient (Wildman–Crippen LogP) is 2.05. The molecule has 0 fully saturated rings. The fourth-order valence-corrected chi connectivity index (χ4v) is 1.68. The lowest BCUT2D eigenvalue weighted by Crippen LogP contribution is -2.38. The van der Waals surface area contributed by atoms with Crippen LogP contribution in [0.1, 0.15) is 40.2 Å². The molecule has 0 aliphatic heterocycles. The third-order valence-electron chi connectivity index (χ3n) is 2.88. The van der Waals surface area contributed by atoms with E-state index < -0.39 is 11.9 Å². The van der Waals surface area contributed by atoms with E-state index in [4.69, 9.17) is 0 Å². The molecule has 0 saturated heterocycles. The lowest BCUT2D eigenvalue weighted by Gasteiger charge is -2.21. The maximum Gasteiger partial charge on any atom is 0.242 e. The number of nitrogens with zero attached hydrogens (tertiary/aromatic N) is 1. The van der Waals surface area contributed by atoms with Crippen LogP contribution in [0, 0.1) is 5.82 Å². The number of rotatable bonds is 6. The lowest BCUT2D eigenvalue weighted by molar-refractivity contribution is -0.121. The molecular weight excluding hydrogens is 271 g/mol. The van der Waals surface area contributed by atoms with Gasteiger partial charge in [0.05, 0.1) is 0 Å². The standard InChI is InChI=1S/C15H25FN4O/c1-6-17-14(21)10(2)20-13-12(16)11(7-8-18-13)9-19-15(3,4)5/h7-8,10,19H,6,9H2,1-5H3,(H,17,21)(H,18,20). The minimum absolute atomic E-state index is 0.0990. The molecule has 1 unspecified atom stereocenters. The molecule has 3 N–H and O–H groups in total. The van der Waals surface area contributed by atoms with Gasteiger partial charge in [-0.05, 0) is 40.7 Å². The van der Waals surface area contributed by atoms with E-state index in [0.29, 0.717) is 18.7 Å². The van der Waals surface area contributed by atoms with E-state index in [1.807, 2.05) is 27.7 Å². The average Bonchev–Trinajstić information content (AvgIpc) is 2.39. The molecule has 0 saturated carbocycles. The molecule has 21 heavy (non-hydrogen) atoms. The first-order valence-corrected chi connectivity index (χ1v) is 7.17. The van der Waals surface area contributed by atoms with E-state index in [1.165, 1.54) is 6.20 Å². The number of anilines is 1. The van der Waals surface area contributed by atoms with Gasteiger partial charge in [0.2, 0.25) is 5.91 Å². The van der Waals surface area contributed by atoms with Crippen molar-refractivity contribution in [1.82, 2.24) is 15.6 Å². The molecule has 6 heteroatoms. The van der Waals surface area contributed by atoms with Crippen molar-refractivity contribution in [2.24, 2.45) is 0 Å². The van der Waals surface area contributed by atoms with Crippen LogP contribution in [0.3, 0.4) is 0 Å². The Morgan fingerprint density at radius 1 is 1.43 bits per heavy atom. The highest BCUT2D eigenvalue weighted by Gasteiger charge is 2.17. The number of hydrogen-bond acceptors (Lipinski definition) is 4. The fraction of sp³-hybridized carbons (Fsp3) is 0.600. The molecule has 1 atom stereocenters. The maximum absolute atomic E-state index is 14.4. The van der Waals surface area contributed by atoms with E-state index in [9.17, 15) is 9.18 Å². The van der Waals surface area contributed by atoms with Crippen molar-refractivity contribution in [1.29, 1.82) is 0 Å². The molecule has 0 aromatic carbocycles. The van der Waals surface area contributed by atoms with Crippen molar-refractivity contribution in [3.8, 4) is 0 Å². The van der Waals surface area contributed by atoms with Crippen LogP contribution in [-0.2, 0) is 11.3 Å². The maximum atomic E-state index is 14.4. The molecule has 0 aliphatic carbocycles. The zero-order valence-electron chi connectivity index (χ0n) is 13.4. The number of carbonyl (C=O) groups excluding carboxylic acids is 1. The number of likely N-dealkylation sites (N-methyl/N-ethyl adjacent to an activating group) is 1. The molecule has 0 radical (unpaired) electrons. The Morgan fingerprint density at radius 2 is 2.10 bits per heavy atom. The molecule has 1 rings (SSSR count). The zero-order chi connectivity index (χ0) is 16.0. The number of aromatic nitrogens is 1. The summed E-state index contributed by atoms with van der Waals surface area (Å²) >= 11 is 0. The summed E-state index contributed by atoms with van der Waals surface area (Å²) < 4.78 is 14.4. The highest BCUT2D eigenvalue weighted by molar-refractivity contribution is 5.83. The molecule has 0 bridgehead atoms. The molecule has 5 nitrogen and oxygen atoms in total. The number of nitrogens with one attached hydrogen (secondary N) is 3. The van der Waals surface area contributed by atoms with Crippen molar-refractivity contribution >= 4 is 11.7 Å². The fourth-order valence-electron chi connectivity index (χ4n) is 1.68. The van der Waals surface area contributed by atoms with Gasteiger partial charge >= 0.3 is 0 Å². The summed E-state index contributed by atoms with van der Waals surface area (Å²) in [5, 5.41) is 8.71. The van der Waals surface area contributed by atoms with Gasteiger partial charge in [0.25, 0.3) is 0 Å². The number of hydrogen-bond donors (Lipinski definition) is 3. The van der Waals surface area contributed by atoms with Crippen LogP contribution in [0.2, 0.25) is 0 Å². The molecule has 1 aromatic rings. The molecular formula is C15H25FN4O. The van der Waals surface area contributed by atoms with E-state index in [-0.39, 0.29) is 17.3 Å². The largest absolute Gasteiger partial charge is 0.356 e. The van der Waals surface area contributed by atoms with Gasteiger partial charge in [-0.15, -0.1) is 0 Å². The van der Waals surface area contributed by atoms with Crippen LogP contribution in [-0.4, -0.2) is 29.0 Å². The lowest BCUT2D eigenvalue weighted by atomic mass is 10.1. The highest BCUT2D eigenvalue weighted by Crippen LogP contribution is 2.16. The van der Waals surface area contributed by atoms with Gasteiger partial charge in [-0.2, -0.15) is 0 Å². The second-order valence-corrected chi connectivity index (χ2v) is 6.00. The Morgan fingerprint density at radius 3 is 2.67 bits per heavy atom. The SMILES string of the molecule is CCNC(=O)C(C)Nc1nccc(CNC(C)(C)C)c1F. The first-order valence-electron chi connectivity index (χ1n) is 7.17. The second kappa shape index (κ2) is 7.36. The summed E-state index contributed by atoms with van der Waals surface area (Å²) in [7, 11) is 0. The third kappa shape index (κ3) is 5.67. The molecule has 1 aromatic heterocycles. The van der Waals surface area contributed by atoms with Gasteiger partial charge in [0.15, 0.2) is 11.6 Å². The van der Waals surface area contributed by atoms with Crippen LogP contribution in [0.5, 0.6) is 0 Å².